The highest BCUT2D eigenvalue weighted by molar-refractivity contribution is 5.58. The summed E-state index contributed by atoms with van der Waals surface area (Å²) in [5.74, 6) is 4.02. The van der Waals surface area contributed by atoms with E-state index in [9.17, 15) is 0 Å². The number of hydrogen-bond acceptors (Lipinski definition) is 4. The van der Waals surface area contributed by atoms with Crippen molar-refractivity contribution in [3.05, 3.63) is 115 Å². The molecule has 0 amide bonds. The predicted octanol–water partition coefficient (Wildman–Crippen LogP) is 10.3. The zero-order valence-electron chi connectivity index (χ0n) is 43.4. The van der Waals surface area contributed by atoms with Crippen LogP contribution in [0.4, 0.5) is 0 Å². The van der Waals surface area contributed by atoms with Gasteiger partial charge < -0.3 is 36.9 Å². The van der Waals surface area contributed by atoms with Crippen molar-refractivity contribution in [3.8, 4) is 23.0 Å². The molecule has 64 heavy (non-hydrogen) atoms. The van der Waals surface area contributed by atoms with Gasteiger partial charge in [0.1, 0.15) is 49.2 Å². The summed E-state index contributed by atoms with van der Waals surface area (Å²) in [6, 6.07) is 19.5. The van der Waals surface area contributed by atoms with Crippen LogP contribution < -0.4 is 18.9 Å². The SMILES string of the molecule is CCCOc1c2cc(C[N+](C)(C)C)cc1Cc1cc(C[N+](C)(C)C)cc(c1OCCC)Cc1cc(C[N+](C)(C)C)cc(c1OCCC)Cc1cc(C[N+](C)(C)C)cc(c1OCCC)C2. The summed E-state index contributed by atoms with van der Waals surface area (Å²) in [5.41, 5.74) is 15.0. The number of ether oxygens (including phenoxy) is 4. The average molecular weight is 881 g/mol. The number of benzene rings is 4. The molecule has 1 aliphatic carbocycles. The summed E-state index contributed by atoms with van der Waals surface area (Å²) in [7, 11) is 27.4. The van der Waals surface area contributed by atoms with E-state index >= 15 is 0 Å². The number of hydrogen-bond donors (Lipinski definition) is 0. The highest BCUT2D eigenvalue weighted by Crippen LogP contribution is 2.42. The molecular formula is C56H88N4O4+4. The molecule has 0 heterocycles. The van der Waals surface area contributed by atoms with E-state index in [0.29, 0.717) is 52.1 Å². The minimum Gasteiger partial charge on any atom is -0.493 e. The topological polar surface area (TPSA) is 36.9 Å². The Hall–Kier alpha value is -4.08. The number of quaternary nitrogens is 4. The first-order chi connectivity index (χ1) is 30.0. The standard InChI is InChI=1S/C56H88N4O4/c1-17-21-61-53-45-25-41(37-57(5,6)7)26-46(53)34-48-28-43(39-59(11,12)13)30-50(55(48)63-23-19-3)36-52-32-44(40-60(14,15)16)31-51(56(52)64-24-20-4)35-49-29-42(38-58(8,9)10)27-47(33-45)54(49)62-22-18-2/h25-32H,17-24,33-40H2,1-16H3/q+4. The van der Waals surface area contributed by atoms with Crippen molar-refractivity contribution in [1.29, 1.82) is 0 Å². The van der Waals surface area contributed by atoms with Gasteiger partial charge in [0.25, 0.3) is 0 Å². The third-order valence-corrected chi connectivity index (χ3v) is 11.2. The molecular weight excluding hydrogens is 793 g/mol. The second-order valence-electron chi connectivity index (χ2n) is 22.9. The largest absolute Gasteiger partial charge is 0.493 e. The van der Waals surface area contributed by atoms with Gasteiger partial charge in [0.2, 0.25) is 0 Å². The molecule has 0 N–H and O–H groups in total. The lowest BCUT2D eigenvalue weighted by Crippen LogP contribution is -2.33. The fourth-order valence-electron chi connectivity index (χ4n) is 9.29. The van der Waals surface area contributed by atoms with Gasteiger partial charge in [-0.3, -0.25) is 0 Å². The molecule has 0 aliphatic heterocycles. The van der Waals surface area contributed by atoms with Crippen LogP contribution in [-0.4, -0.2) is 129 Å². The summed E-state index contributed by atoms with van der Waals surface area (Å²) < 4.78 is 31.2. The summed E-state index contributed by atoms with van der Waals surface area (Å²) in [6.07, 6.45) is 6.52. The lowest BCUT2D eigenvalue weighted by atomic mass is 9.88. The minimum atomic E-state index is 0.650. The molecule has 0 fully saturated rings. The zero-order valence-corrected chi connectivity index (χ0v) is 43.4. The fraction of sp³-hybridized carbons (Fsp3) is 0.571. The van der Waals surface area contributed by atoms with Crippen LogP contribution in [0.25, 0.3) is 0 Å². The van der Waals surface area contributed by atoms with Crippen LogP contribution >= 0.6 is 0 Å². The first kappa shape index (κ1) is 50.9. The molecule has 8 nitrogen and oxygen atoms in total. The third-order valence-electron chi connectivity index (χ3n) is 11.2. The van der Waals surface area contributed by atoms with Gasteiger partial charge >= 0.3 is 0 Å². The van der Waals surface area contributed by atoms with Crippen LogP contribution in [0, 0.1) is 0 Å². The zero-order chi connectivity index (χ0) is 47.0. The van der Waals surface area contributed by atoms with Crippen LogP contribution in [0.3, 0.4) is 0 Å². The van der Waals surface area contributed by atoms with Gasteiger partial charge in [-0.25, -0.2) is 0 Å². The lowest BCUT2D eigenvalue weighted by Gasteiger charge is -2.28. The molecule has 8 heteroatoms. The van der Waals surface area contributed by atoms with Crippen molar-refractivity contribution in [1.82, 2.24) is 0 Å². The molecule has 0 atom stereocenters. The molecule has 352 valence electrons. The Kier molecular flexibility index (Phi) is 17.1. The molecule has 0 saturated carbocycles. The molecule has 8 bridgehead atoms. The Morgan fingerprint density at radius 3 is 0.578 bits per heavy atom. The van der Waals surface area contributed by atoms with Crippen molar-refractivity contribution in [2.24, 2.45) is 0 Å². The summed E-state index contributed by atoms with van der Waals surface area (Å²) in [6.45, 7) is 15.0. The van der Waals surface area contributed by atoms with Crippen molar-refractivity contribution >= 4 is 0 Å². The van der Waals surface area contributed by atoms with E-state index in [1.165, 1.54) is 66.8 Å². The van der Waals surface area contributed by atoms with Gasteiger partial charge in [-0.1, -0.05) is 27.7 Å². The molecule has 4 aromatic rings. The third kappa shape index (κ3) is 15.0. The Bertz CT molecular complexity index is 1780. The molecule has 0 saturated heterocycles. The van der Waals surface area contributed by atoms with E-state index in [1.54, 1.807) is 0 Å². The van der Waals surface area contributed by atoms with Gasteiger partial charge in [-0.05, 0) is 119 Å². The lowest BCUT2D eigenvalue weighted by molar-refractivity contribution is -0.884. The Balaban J connectivity index is 1.99. The normalized spacial score (nSPS) is 13.5. The highest BCUT2D eigenvalue weighted by Gasteiger charge is 2.27. The van der Waals surface area contributed by atoms with Crippen LogP contribution in [0.15, 0.2) is 48.5 Å². The fourth-order valence-corrected chi connectivity index (χ4v) is 9.29. The minimum absolute atomic E-state index is 0.650. The number of fused-ring (bicyclic) bond motifs is 8. The van der Waals surface area contributed by atoms with Gasteiger partial charge in [-0.15, -0.1) is 0 Å². The van der Waals surface area contributed by atoms with E-state index in [-0.39, 0.29) is 0 Å². The van der Waals surface area contributed by atoms with E-state index in [4.69, 9.17) is 18.9 Å². The van der Waals surface area contributed by atoms with Crippen molar-refractivity contribution in [3.63, 3.8) is 0 Å². The highest BCUT2D eigenvalue weighted by atomic mass is 16.5. The quantitative estimate of drug-likeness (QED) is 0.0730. The molecule has 1 aliphatic rings. The monoisotopic (exact) mass is 881 g/mol. The van der Waals surface area contributed by atoms with Gasteiger partial charge in [0.15, 0.2) is 0 Å². The molecule has 0 unspecified atom stereocenters. The average Bonchev–Trinajstić information content (AvgIpc) is 3.14. The summed E-state index contributed by atoms with van der Waals surface area (Å²) >= 11 is 0. The van der Waals surface area contributed by atoms with Crippen LogP contribution in [0.1, 0.15) is 120 Å². The number of rotatable bonds is 20. The van der Waals surface area contributed by atoms with E-state index < -0.39 is 0 Å². The smallest absolute Gasteiger partial charge is 0.126 e. The molecule has 5 rings (SSSR count). The van der Waals surface area contributed by atoms with Crippen LogP contribution in [0.5, 0.6) is 23.0 Å². The first-order valence-electron chi connectivity index (χ1n) is 24.3. The van der Waals surface area contributed by atoms with Crippen LogP contribution in [0.2, 0.25) is 0 Å². The Morgan fingerprint density at radius 2 is 0.453 bits per heavy atom. The second-order valence-corrected chi connectivity index (χ2v) is 22.9. The summed E-state index contributed by atoms with van der Waals surface area (Å²) in [5, 5.41) is 0. The summed E-state index contributed by atoms with van der Waals surface area (Å²) in [4.78, 5) is 0. The maximum Gasteiger partial charge on any atom is 0.126 e. The van der Waals surface area contributed by atoms with Gasteiger partial charge in [-0.2, -0.15) is 0 Å². The van der Waals surface area contributed by atoms with Crippen molar-refractivity contribution < 1.29 is 36.9 Å². The predicted molar refractivity (Wildman–Crippen MR) is 267 cm³/mol. The molecule has 4 aromatic carbocycles. The molecule has 0 spiro atoms. The van der Waals surface area contributed by atoms with Crippen molar-refractivity contribution in [2.45, 2.75) is 105 Å². The van der Waals surface area contributed by atoms with E-state index in [1.807, 2.05) is 0 Å². The van der Waals surface area contributed by atoms with E-state index in [2.05, 4.69) is 161 Å². The maximum absolute atomic E-state index is 6.98. The first-order valence-corrected chi connectivity index (χ1v) is 24.3. The second kappa shape index (κ2) is 21.5. The molecule has 0 radical (unpaired) electrons. The Morgan fingerprint density at radius 1 is 0.297 bits per heavy atom. The van der Waals surface area contributed by atoms with Gasteiger partial charge in [0.05, 0.1) is 111 Å². The number of nitrogens with zero attached hydrogens (tertiary/aromatic N) is 4. The van der Waals surface area contributed by atoms with E-state index in [0.717, 1.165) is 92.8 Å². The van der Waals surface area contributed by atoms with Gasteiger partial charge in [0, 0.05) is 47.9 Å². The molecule has 0 aromatic heterocycles. The van der Waals surface area contributed by atoms with Crippen molar-refractivity contribution in [2.75, 3.05) is 111 Å². The Labute approximate surface area is 390 Å². The van der Waals surface area contributed by atoms with Crippen LogP contribution in [-0.2, 0) is 51.9 Å². The maximum atomic E-state index is 6.98.